The van der Waals surface area contributed by atoms with Gasteiger partial charge in [-0.05, 0) is 43.9 Å². The molecule has 120 valence electrons. The highest BCUT2D eigenvalue weighted by atomic mass is 16.5. The fraction of sp³-hybridized carbons (Fsp3) is 0.889. The third-order valence-corrected chi connectivity index (χ3v) is 4.89. The molecule has 21 heavy (non-hydrogen) atoms. The minimum absolute atomic E-state index is 0.365. The zero-order valence-corrected chi connectivity index (χ0v) is 13.7. The van der Waals surface area contributed by atoms with E-state index in [9.17, 15) is 5.11 Å². The van der Waals surface area contributed by atoms with Crippen LogP contribution in [0, 0.1) is 24.2 Å². The van der Waals surface area contributed by atoms with Gasteiger partial charge in [0.1, 0.15) is 5.60 Å². The largest absolute Gasteiger partial charge is 0.389 e. The maximum atomic E-state index is 10.3. The van der Waals surface area contributed by atoms with Crippen LogP contribution in [0.4, 0.5) is 0 Å². The molecule has 2 rings (SSSR count). The molecule has 0 bridgehead atoms. The highest BCUT2D eigenvalue weighted by molar-refractivity contribution is 5.09. The molecule has 0 spiro atoms. The Hall–Kier alpha value is -0.560. The van der Waals surface area contributed by atoms with Gasteiger partial charge < -0.3 is 14.7 Å². The first kappa shape index (κ1) is 16.8. The predicted molar refractivity (Wildman–Crippen MR) is 86.0 cm³/mol. The summed E-state index contributed by atoms with van der Waals surface area (Å²) in [5.41, 5.74) is -0.415. The molecule has 2 aliphatic rings. The third kappa shape index (κ3) is 4.98. The lowest BCUT2D eigenvalue weighted by Crippen LogP contribution is -2.45. The Labute approximate surface area is 130 Å². The predicted octanol–water partition coefficient (Wildman–Crippen LogP) is 2.68. The number of likely N-dealkylation sites (tertiary alicyclic amines) is 1. The van der Waals surface area contributed by atoms with E-state index >= 15 is 0 Å². The van der Waals surface area contributed by atoms with Crippen LogP contribution in [0.1, 0.15) is 52.4 Å². The van der Waals surface area contributed by atoms with Gasteiger partial charge in [0, 0.05) is 19.6 Å². The molecule has 3 nitrogen and oxygen atoms in total. The van der Waals surface area contributed by atoms with Crippen LogP contribution in [0.5, 0.6) is 0 Å². The Morgan fingerprint density at radius 1 is 1.24 bits per heavy atom. The zero-order valence-electron chi connectivity index (χ0n) is 13.7. The van der Waals surface area contributed by atoms with Gasteiger partial charge in [0.05, 0.1) is 12.7 Å². The van der Waals surface area contributed by atoms with Crippen molar-refractivity contribution in [2.75, 3.05) is 26.2 Å². The number of β-amino-alcohol motifs (C(OH)–C–C–N with tert-alkyl or cyclic N) is 1. The lowest BCUT2D eigenvalue weighted by molar-refractivity contribution is -0.0723. The van der Waals surface area contributed by atoms with Crippen LogP contribution >= 0.6 is 0 Å². The van der Waals surface area contributed by atoms with Gasteiger partial charge in [-0.1, -0.05) is 26.2 Å². The summed E-state index contributed by atoms with van der Waals surface area (Å²) in [5, 5.41) is 10.3. The molecule has 1 N–H and O–H groups in total. The fourth-order valence-electron chi connectivity index (χ4n) is 4.00. The number of ether oxygens (including phenoxy) is 1. The molecule has 0 radical (unpaired) electrons. The molecule has 1 saturated carbocycles. The third-order valence-electron chi connectivity index (χ3n) is 4.89. The first-order valence-corrected chi connectivity index (χ1v) is 8.55. The second-order valence-corrected chi connectivity index (χ2v) is 7.33. The topological polar surface area (TPSA) is 32.7 Å². The summed E-state index contributed by atoms with van der Waals surface area (Å²) in [6, 6.07) is 0. The SMILES string of the molecule is C#CC1(OC[C@H](O)CN2C[C@H](C)C[C@@H](C)C2)CCCCC1. The Bertz CT molecular complexity index is 347. The average Bonchev–Trinajstić information content (AvgIpc) is 2.45. The molecule has 0 aromatic carbocycles. The van der Waals surface area contributed by atoms with Crippen molar-refractivity contribution in [3.63, 3.8) is 0 Å². The fourth-order valence-corrected chi connectivity index (χ4v) is 4.00. The quantitative estimate of drug-likeness (QED) is 0.791. The summed E-state index contributed by atoms with van der Waals surface area (Å²) in [7, 11) is 0. The van der Waals surface area contributed by atoms with Crippen molar-refractivity contribution in [1.29, 1.82) is 0 Å². The van der Waals surface area contributed by atoms with E-state index in [1.807, 2.05) is 0 Å². The summed E-state index contributed by atoms with van der Waals surface area (Å²) in [4.78, 5) is 2.37. The van der Waals surface area contributed by atoms with E-state index in [2.05, 4.69) is 24.7 Å². The Morgan fingerprint density at radius 3 is 2.43 bits per heavy atom. The zero-order chi connectivity index (χ0) is 15.3. The summed E-state index contributed by atoms with van der Waals surface area (Å²) in [6.07, 6.45) is 11.9. The van der Waals surface area contributed by atoms with E-state index in [-0.39, 0.29) is 0 Å². The Balaban J connectivity index is 1.76. The number of aliphatic hydroxyl groups excluding tert-OH is 1. The Morgan fingerprint density at radius 2 is 1.86 bits per heavy atom. The van der Waals surface area contributed by atoms with Gasteiger partial charge >= 0.3 is 0 Å². The number of hydrogen-bond acceptors (Lipinski definition) is 3. The van der Waals surface area contributed by atoms with E-state index in [1.165, 1.54) is 12.8 Å². The van der Waals surface area contributed by atoms with Crippen LogP contribution in [-0.2, 0) is 4.74 Å². The van der Waals surface area contributed by atoms with Crippen LogP contribution in [0.25, 0.3) is 0 Å². The van der Waals surface area contributed by atoms with Gasteiger partial charge in [-0.2, -0.15) is 0 Å². The second kappa shape index (κ2) is 7.63. The molecular weight excluding hydrogens is 262 g/mol. The van der Waals surface area contributed by atoms with Gasteiger partial charge in [0.25, 0.3) is 0 Å². The van der Waals surface area contributed by atoms with Crippen molar-refractivity contribution in [2.24, 2.45) is 11.8 Å². The number of piperidine rings is 1. The van der Waals surface area contributed by atoms with Crippen molar-refractivity contribution in [3.05, 3.63) is 0 Å². The average molecular weight is 293 g/mol. The molecule has 0 amide bonds. The van der Waals surface area contributed by atoms with Gasteiger partial charge in [-0.3, -0.25) is 0 Å². The lowest BCUT2D eigenvalue weighted by Gasteiger charge is -2.37. The van der Waals surface area contributed by atoms with Crippen molar-refractivity contribution in [2.45, 2.75) is 64.1 Å². The second-order valence-electron chi connectivity index (χ2n) is 7.33. The normalized spacial score (nSPS) is 31.5. The monoisotopic (exact) mass is 293 g/mol. The summed E-state index contributed by atoms with van der Waals surface area (Å²) >= 11 is 0. The molecule has 0 aromatic heterocycles. The molecule has 3 heteroatoms. The smallest absolute Gasteiger partial charge is 0.128 e. The highest BCUT2D eigenvalue weighted by Crippen LogP contribution is 2.31. The van der Waals surface area contributed by atoms with Gasteiger partial charge in [-0.25, -0.2) is 0 Å². The van der Waals surface area contributed by atoms with E-state index in [0.29, 0.717) is 13.2 Å². The van der Waals surface area contributed by atoms with Gasteiger partial charge in [0.2, 0.25) is 0 Å². The van der Waals surface area contributed by atoms with Crippen LogP contribution in [0.15, 0.2) is 0 Å². The molecule has 2 fully saturated rings. The molecule has 1 aliphatic heterocycles. The first-order valence-electron chi connectivity index (χ1n) is 8.55. The van der Waals surface area contributed by atoms with Gasteiger partial charge in [-0.15, -0.1) is 6.42 Å². The summed E-state index contributed by atoms with van der Waals surface area (Å²) in [5.74, 6) is 4.28. The van der Waals surface area contributed by atoms with Crippen molar-refractivity contribution in [3.8, 4) is 12.3 Å². The summed E-state index contributed by atoms with van der Waals surface area (Å²) < 4.78 is 5.96. The van der Waals surface area contributed by atoms with Crippen LogP contribution in [0.3, 0.4) is 0 Å². The molecule has 0 unspecified atom stereocenters. The van der Waals surface area contributed by atoms with Crippen molar-refractivity contribution in [1.82, 2.24) is 4.90 Å². The van der Waals surface area contributed by atoms with Crippen molar-refractivity contribution >= 4 is 0 Å². The van der Waals surface area contributed by atoms with Crippen molar-refractivity contribution < 1.29 is 9.84 Å². The number of rotatable bonds is 5. The number of nitrogens with zero attached hydrogens (tertiary/aromatic N) is 1. The molecule has 0 aromatic rings. The van der Waals surface area contributed by atoms with Crippen LogP contribution in [-0.4, -0.2) is 48.0 Å². The maximum Gasteiger partial charge on any atom is 0.128 e. The number of terminal acetylenes is 1. The minimum atomic E-state index is -0.436. The Kier molecular flexibility index (Phi) is 6.10. The van der Waals surface area contributed by atoms with Gasteiger partial charge in [0.15, 0.2) is 0 Å². The molecule has 1 saturated heterocycles. The molecular formula is C18H31NO2. The van der Waals surface area contributed by atoms with E-state index in [1.54, 1.807) is 0 Å². The minimum Gasteiger partial charge on any atom is -0.389 e. The van der Waals surface area contributed by atoms with Crippen LogP contribution in [0.2, 0.25) is 0 Å². The highest BCUT2D eigenvalue weighted by Gasteiger charge is 2.32. The van der Waals surface area contributed by atoms with Crippen LogP contribution < -0.4 is 0 Å². The van der Waals surface area contributed by atoms with E-state index < -0.39 is 11.7 Å². The maximum absolute atomic E-state index is 10.3. The molecule has 1 heterocycles. The standard InChI is InChI=1S/C18H31NO2/c1-4-18(8-6-5-7-9-18)21-14-17(20)13-19-11-15(2)10-16(3)12-19/h1,15-17,20H,5-14H2,2-3H3/t15-,16-,17-/m1/s1. The van der Waals surface area contributed by atoms with E-state index in [4.69, 9.17) is 11.2 Å². The number of hydrogen-bond donors (Lipinski definition) is 1. The van der Waals surface area contributed by atoms with E-state index in [0.717, 1.165) is 50.6 Å². The molecule has 3 atom stereocenters. The number of aliphatic hydroxyl groups is 1. The summed E-state index contributed by atoms with van der Waals surface area (Å²) in [6.45, 7) is 7.82. The molecule has 1 aliphatic carbocycles. The first-order chi connectivity index (χ1) is 10.0. The lowest BCUT2D eigenvalue weighted by atomic mass is 9.85.